The summed E-state index contributed by atoms with van der Waals surface area (Å²) < 4.78 is 12.5. The highest BCUT2D eigenvalue weighted by molar-refractivity contribution is 7.95. The first-order chi connectivity index (χ1) is 19.0. The predicted molar refractivity (Wildman–Crippen MR) is 172 cm³/mol. The van der Waals surface area contributed by atoms with Crippen LogP contribution >= 0.6 is 7.26 Å². The lowest BCUT2D eigenvalue weighted by Gasteiger charge is -2.29. The quantitative estimate of drug-likeness (QED) is 0.119. The molecule has 214 valence electrons. The van der Waals surface area contributed by atoms with Crippen molar-refractivity contribution >= 4 is 35.1 Å². The van der Waals surface area contributed by atoms with Crippen molar-refractivity contribution in [1.29, 1.82) is 0 Å². The number of hydrogen-bond acceptors (Lipinski definition) is 3. The van der Waals surface area contributed by atoms with E-state index in [9.17, 15) is 0 Å². The molecule has 3 rings (SSSR count). The zero-order valence-corrected chi connectivity index (χ0v) is 25.2. The predicted octanol–water partition coefficient (Wildman–Crippen LogP) is 3.94. The molecule has 0 unspecified atom stereocenters. The Bertz CT molecular complexity index is 1130. The fourth-order valence-corrected chi connectivity index (χ4v) is 8.79. The fourth-order valence-electron chi connectivity index (χ4n) is 4.68. The van der Waals surface area contributed by atoms with E-state index < -0.39 is 12.8 Å². The lowest BCUT2D eigenvalue weighted by Crippen LogP contribution is -2.35. The van der Waals surface area contributed by atoms with Crippen LogP contribution in [-0.2, 0) is 9.47 Å². The monoisotopic (exact) mass is 562 g/mol. The minimum atomic E-state index is -1.89. The number of ether oxygens (including phenoxy) is 2. The van der Waals surface area contributed by atoms with E-state index in [0.717, 1.165) is 12.6 Å². The number of nitrogens with two attached hydrogens (primary N) is 3. The average Bonchev–Trinajstić information content (AvgIpc) is 2.91. The first-order valence-electron chi connectivity index (χ1n) is 13.8. The Kier molecular flexibility index (Phi) is 11.3. The van der Waals surface area contributed by atoms with Gasteiger partial charge in [-0.1, -0.05) is 54.6 Å². The van der Waals surface area contributed by atoms with E-state index in [-0.39, 0.29) is 17.5 Å². The van der Waals surface area contributed by atoms with Gasteiger partial charge < -0.3 is 26.7 Å². The van der Waals surface area contributed by atoms with Crippen LogP contribution in [0.5, 0.6) is 0 Å². The molecule has 0 radical (unpaired) electrons. The van der Waals surface area contributed by atoms with Crippen LogP contribution in [0.25, 0.3) is 0 Å². The molecule has 40 heavy (non-hydrogen) atoms. The van der Waals surface area contributed by atoms with Gasteiger partial charge in [0, 0.05) is 13.2 Å². The second-order valence-electron chi connectivity index (χ2n) is 11.1. The molecule has 0 aromatic heterocycles. The van der Waals surface area contributed by atoms with Crippen LogP contribution in [0.2, 0.25) is 0 Å². The van der Waals surface area contributed by atoms with Gasteiger partial charge in [0.05, 0.1) is 23.9 Å². The van der Waals surface area contributed by atoms with Crippen LogP contribution in [0.4, 0.5) is 0 Å². The smallest absolute Gasteiger partial charge is 0.219 e. The Morgan fingerprint density at radius 2 is 1.15 bits per heavy atom. The van der Waals surface area contributed by atoms with Crippen molar-refractivity contribution < 1.29 is 9.47 Å². The summed E-state index contributed by atoms with van der Waals surface area (Å²) in [6.45, 7) is 9.94. The Balaban J connectivity index is 1.62. The average molecular weight is 563 g/mol. The van der Waals surface area contributed by atoms with Crippen molar-refractivity contribution in [2.24, 2.45) is 27.2 Å². The molecule has 0 amide bonds. The van der Waals surface area contributed by atoms with Crippen LogP contribution in [0.1, 0.15) is 40.5 Å². The SMILES string of the molecule is CC(C)(CCOC(C)(C)CCOCC[P+](c1ccccc1)(c1ccccc1)c1ccccc1)N=C(N)N=C(N)N. The fraction of sp³-hybridized carbons (Fsp3) is 0.375. The molecule has 0 aliphatic carbocycles. The number of rotatable bonds is 14. The third-order valence-corrected chi connectivity index (χ3v) is 11.3. The lowest BCUT2D eigenvalue weighted by molar-refractivity contribution is -0.0441. The van der Waals surface area contributed by atoms with Gasteiger partial charge in [-0.3, -0.25) is 0 Å². The van der Waals surface area contributed by atoms with E-state index in [2.05, 4.69) is 115 Å². The summed E-state index contributed by atoms with van der Waals surface area (Å²) in [5, 5.41) is 4.10. The summed E-state index contributed by atoms with van der Waals surface area (Å²) in [6.07, 6.45) is 2.38. The minimum Gasteiger partial charge on any atom is -0.378 e. The molecular weight excluding hydrogens is 517 g/mol. The number of nitrogens with zero attached hydrogens (tertiary/aromatic N) is 2. The molecule has 0 spiro atoms. The van der Waals surface area contributed by atoms with E-state index in [1.807, 2.05) is 13.8 Å². The molecule has 0 aliphatic rings. The summed E-state index contributed by atoms with van der Waals surface area (Å²) in [5.41, 5.74) is 15.8. The van der Waals surface area contributed by atoms with Gasteiger partial charge in [0.2, 0.25) is 5.96 Å². The molecule has 0 bridgehead atoms. The topological polar surface area (TPSA) is 121 Å². The van der Waals surface area contributed by atoms with Crippen LogP contribution in [-0.4, -0.2) is 49.0 Å². The number of hydrogen-bond donors (Lipinski definition) is 3. The maximum absolute atomic E-state index is 6.30. The normalized spacial score (nSPS) is 12.8. The lowest BCUT2D eigenvalue weighted by atomic mass is 10.0. The number of guanidine groups is 2. The molecule has 0 aliphatic heterocycles. The Morgan fingerprint density at radius 3 is 1.60 bits per heavy atom. The van der Waals surface area contributed by atoms with Crippen LogP contribution in [0.3, 0.4) is 0 Å². The molecule has 0 saturated carbocycles. The zero-order valence-electron chi connectivity index (χ0n) is 24.3. The van der Waals surface area contributed by atoms with Crippen LogP contribution < -0.4 is 33.1 Å². The second-order valence-corrected chi connectivity index (χ2v) is 14.7. The highest BCUT2D eigenvalue weighted by atomic mass is 31.2. The number of aliphatic imine (C=N–C) groups is 2. The van der Waals surface area contributed by atoms with Crippen molar-refractivity contribution in [3.63, 3.8) is 0 Å². The molecule has 0 atom stereocenters. The summed E-state index contributed by atoms with van der Waals surface area (Å²) in [5.74, 6) is -0.0387. The Morgan fingerprint density at radius 1 is 0.675 bits per heavy atom. The Labute approximate surface area is 240 Å². The standard InChI is InChI=1S/C32H45N5O2P/c1-31(2,37-30(35)36-29(33)34)20-23-39-32(3,4)21-22-38-24-25-40(26-14-8-5-9-15-26,27-16-10-6-11-17-27)28-18-12-7-13-19-28/h5-19H,20-25H2,1-4H3,(H6,33,34,35,36,37)/q+1. The Hall–Kier alpha value is -3.25. The first kappa shape index (κ1) is 31.3. The summed E-state index contributed by atoms with van der Waals surface area (Å²) in [7, 11) is -1.89. The van der Waals surface area contributed by atoms with E-state index >= 15 is 0 Å². The molecule has 8 heteroatoms. The molecule has 6 N–H and O–H groups in total. The van der Waals surface area contributed by atoms with E-state index in [4.69, 9.17) is 26.7 Å². The maximum atomic E-state index is 6.30. The van der Waals surface area contributed by atoms with Crippen LogP contribution in [0.15, 0.2) is 101 Å². The van der Waals surface area contributed by atoms with Gasteiger partial charge >= 0.3 is 0 Å². The zero-order chi connectivity index (χ0) is 29.1. The summed E-state index contributed by atoms with van der Waals surface area (Å²) >= 11 is 0. The van der Waals surface area contributed by atoms with Gasteiger partial charge in [-0.25, -0.2) is 4.99 Å². The maximum Gasteiger partial charge on any atom is 0.219 e. The molecule has 3 aromatic carbocycles. The molecule has 0 fully saturated rings. The van der Waals surface area contributed by atoms with Crippen LogP contribution in [0, 0.1) is 0 Å². The van der Waals surface area contributed by atoms with Crippen molar-refractivity contribution in [3.05, 3.63) is 91.0 Å². The third kappa shape index (κ3) is 9.16. The second kappa shape index (κ2) is 14.4. The van der Waals surface area contributed by atoms with E-state index in [1.165, 1.54) is 15.9 Å². The van der Waals surface area contributed by atoms with E-state index in [1.54, 1.807) is 0 Å². The molecular formula is C32H45N5O2P+. The van der Waals surface area contributed by atoms with Crippen molar-refractivity contribution in [2.75, 3.05) is 26.0 Å². The van der Waals surface area contributed by atoms with Crippen molar-refractivity contribution in [2.45, 2.75) is 51.7 Å². The number of benzene rings is 3. The van der Waals surface area contributed by atoms with E-state index in [0.29, 0.717) is 26.2 Å². The van der Waals surface area contributed by atoms with Gasteiger partial charge in [-0.2, -0.15) is 4.99 Å². The largest absolute Gasteiger partial charge is 0.378 e. The highest BCUT2D eigenvalue weighted by Crippen LogP contribution is 2.55. The van der Waals surface area contributed by atoms with Gasteiger partial charge in [-0.15, -0.1) is 0 Å². The van der Waals surface area contributed by atoms with Crippen molar-refractivity contribution in [3.8, 4) is 0 Å². The van der Waals surface area contributed by atoms with Gasteiger partial charge in [0.1, 0.15) is 23.2 Å². The third-order valence-electron chi connectivity index (χ3n) is 6.88. The summed E-state index contributed by atoms with van der Waals surface area (Å²) in [6, 6.07) is 32.7. The van der Waals surface area contributed by atoms with Gasteiger partial charge in [-0.05, 0) is 76.9 Å². The first-order valence-corrected chi connectivity index (χ1v) is 15.7. The molecule has 7 nitrogen and oxygen atoms in total. The molecule has 0 heterocycles. The van der Waals surface area contributed by atoms with Gasteiger partial charge in [0.15, 0.2) is 5.96 Å². The minimum absolute atomic E-state index is 0.0677. The highest BCUT2D eigenvalue weighted by Gasteiger charge is 2.44. The van der Waals surface area contributed by atoms with Crippen molar-refractivity contribution in [1.82, 2.24) is 0 Å². The molecule has 0 saturated heterocycles. The summed E-state index contributed by atoms with van der Waals surface area (Å²) in [4.78, 5) is 8.20. The van der Waals surface area contributed by atoms with Gasteiger partial charge in [0.25, 0.3) is 0 Å². The molecule has 3 aromatic rings.